The number of nitrogens with one attached hydrogen (secondary N) is 2. The Morgan fingerprint density at radius 3 is 2.38 bits per heavy atom. The van der Waals surface area contributed by atoms with E-state index in [2.05, 4.69) is 15.6 Å². The molecule has 0 spiro atoms. The predicted octanol–water partition coefficient (Wildman–Crippen LogP) is 3.78. The molecular formula is C19H21N5OS. The van der Waals surface area contributed by atoms with Gasteiger partial charge in [0.2, 0.25) is 0 Å². The van der Waals surface area contributed by atoms with Crippen molar-refractivity contribution in [2.24, 2.45) is 0 Å². The minimum absolute atomic E-state index is 0.243. The Hall–Kier alpha value is -3.06. The fourth-order valence-corrected chi connectivity index (χ4v) is 2.99. The van der Waals surface area contributed by atoms with E-state index in [9.17, 15) is 4.79 Å². The highest BCUT2D eigenvalue weighted by Crippen LogP contribution is 2.24. The van der Waals surface area contributed by atoms with Gasteiger partial charge in [-0.05, 0) is 29.8 Å². The second kappa shape index (κ2) is 7.88. The van der Waals surface area contributed by atoms with Crippen LogP contribution in [-0.2, 0) is 6.54 Å². The summed E-state index contributed by atoms with van der Waals surface area (Å²) in [4.78, 5) is 18.3. The van der Waals surface area contributed by atoms with Crippen LogP contribution >= 0.6 is 11.3 Å². The third-order valence-corrected chi connectivity index (χ3v) is 4.54. The van der Waals surface area contributed by atoms with Crippen molar-refractivity contribution in [1.82, 2.24) is 10.3 Å². The van der Waals surface area contributed by atoms with Gasteiger partial charge in [0.15, 0.2) is 5.13 Å². The lowest BCUT2D eigenvalue weighted by molar-refractivity contribution is 0.251. The molecule has 3 rings (SSSR count). The number of hydrogen-bond acceptors (Lipinski definition) is 5. The number of rotatable bonds is 5. The number of nitrogens with two attached hydrogens (primary N) is 1. The number of nitrogen functional groups attached to an aromatic ring is 1. The standard InChI is InChI=1S/C19H21N5OS/c1-24(2)16-9-3-13(4-10-16)11-21-19(25)22-15-7-5-14(6-8-15)17-12-26-18(20)23-17/h3-10,12H,11H2,1-2H3,(H2,20,23)(H2,21,22,25). The molecule has 2 aromatic carbocycles. The number of hydrogen-bond donors (Lipinski definition) is 3. The molecule has 134 valence electrons. The van der Waals surface area contributed by atoms with Crippen LogP contribution in [-0.4, -0.2) is 25.1 Å². The molecule has 0 atom stereocenters. The van der Waals surface area contributed by atoms with E-state index in [0.717, 1.165) is 28.2 Å². The van der Waals surface area contributed by atoms with Crippen LogP contribution in [0.1, 0.15) is 5.56 Å². The van der Waals surface area contributed by atoms with Crippen LogP contribution in [0.25, 0.3) is 11.3 Å². The molecule has 0 saturated heterocycles. The Morgan fingerprint density at radius 1 is 1.12 bits per heavy atom. The van der Waals surface area contributed by atoms with Crippen LogP contribution < -0.4 is 21.3 Å². The third-order valence-electron chi connectivity index (χ3n) is 3.87. The first-order chi connectivity index (χ1) is 12.5. The van der Waals surface area contributed by atoms with Crippen molar-refractivity contribution in [2.45, 2.75) is 6.54 Å². The van der Waals surface area contributed by atoms with Gasteiger partial charge in [0.05, 0.1) is 5.69 Å². The van der Waals surface area contributed by atoms with Gasteiger partial charge in [-0.15, -0.1) is 11.3 Å². The van der Waals surface area contributed by atoms with Gasteiger partial charge in [0.25, 0.3) is 0 Å². The summed E-state index contributed by atoms with van der Waals surface area (Å²) in [5.74, 6) is 0. The fourth-order valence-electron chi connectivity index (χ4n) is 2.41. The van der Waals surface area contributed by atoms with Crippen molar-refractivity contribution in [1.29, 1.82) is 0 Å². The van der Waals surface area contributed by atoms with E-state index in [-0.39, 0.29) is 6.03 Å². The first-order valence-corrected chi connectivity index (χ1v) is 9.02. The molecular weight excluding hydrogens is 346 g/mol. The monoisotopic (exact) mass is 367 g/mol. The first kappa shape index (κ1) is 17.8. The van der Waals surface area contributed by atoms with Gasteiger partial charge in [0, 0.05) is 43.0 Å². The lowest BCUT2D eigenvalue weighted by Crippen LogP contribution is -2.28. The van der Waals surface area contributed by atoms with Gasteiger partial charge in [-0.25, -0.2) is 9.78 Å². The van der Waals surface area contributed by atoms with Crippen molar-refractivity contribution in [3.63, 3.8) is 0 Å². The van der Waals surface area contributed by atoms with Crippen molar-refractivity contribution in [3.8, 4) is 11.3 Å². The zero-order valence-electron chi connectivity index (χ0n) is 14.7. The zero-order valence-corrected chi connectivity index (χ0v) is 15.5. The van der Waals surface area contributed by atoms with Gasteiger partial charge < -0.3 is 21.3 Å². The van der Waals surface area contributed by atoms with Gasteiger partial charge >= 0.3 is 6.03 Å². The molecule has 0 radical (unpaired) electrons. The number of carbonyl (C=O) groups is 1. The highest BCUT2D eigenvalue weighted by atomic mass is 32.1. The van der Waals surface area contributed by atoms with E-state index in [0.29, 0.717) is 11.7 Å². The molecule has 0 saturated carbocycles. The van der Waals surface area contributed by atoms with E-state index in [1.807, 2.05) is 72.9 Å². The molecule has 0 aliphatic rings. The third kappa shape index (κ3) is 4.52. The number of nitrogens with zero attached hydrogens (tertiary/aromatic N) is 2. The maximum absolute atomic E-state index is 12.1. The number of benzene rings is 2. The highest BCUT2D eigenvalue weighted by Gasteiger charge is 2.05. The molecule has 1 aromatic heterocycles. The Kier molecular flexibility index (Phi) is 5.38. The molecule has 6 nitrogen and oxygen atoms in total. The smallest absolute Gasteiger partial charge is 0.319 e. The van der Waals surface area contributed by atoms with Crippen molar-refractivity contribution in [2.75, 3.05) is 30.0 Å². The van der Waals surface area contributed by atoms with Crippen molar-refractivity contribution >= 4 is 33.9 Å². The van der Waals surface area contributed by atoms with Crippen LogP contribution in [0.3, 0.4) is 0 Å². The molecule has 4 N–H and O–H groups in total. The Labute approximate surface area is 156 Å². The molecule has 0 aliphatic heterocycles. The van der Waals surface area contributed by atoms with Gasteiger partial charge in [-0.3, -0.25) is 0 Å². The summed E-state index contributed by atoms with van der Waals surface area (Å²) in [6.45, 7) is 0.468. The molecule has 7 heteroatoms. The largest absolute Gasteiger partial charge is 0.378 e. The second-order valence-electron chi connectivity index (χ2n) is 6.02. The summed E-state index contributed by atoms with van der Waals surface area (Å²) in [6.07, 6.45) is 0. The average molecular weight is 367 g/mol. The Morgan fingerprint density at radius 2 is 1.81 bits per heavy atom. The van der Waals surface area contributed by atoms with Crippen LogP contribution in [0.4, 0.5) is 21.3 Å². The quantitative estimate of drug-likeness (QED) is 0.641. The number of thiazole rings is 1. The normalized spacial score (nSPS) is 10.4. The Bertz CT molecular complexity index is 872. The molecule has 1 heterocycles. The first-order valence-electron chi connectivity index (χ1n) is 8.14. The molecule has 0 bridgehead atoms. The lowest BCUT2D eigenvalue weighted by Gasteiger charge is -2.13. The molecule has 0 unspecified atom stereocenters. The molecule has 2 amide bonds. The molecule has 26 heavy (non-hydrogen) atoms. The minimum atomic E-state index is -0.243. The minimum Gasteiger partial charge on any atom is -0.378 e. The van der Waals surface area contributed by atoms with Gasteiger partial charge in [-0.2, -0.15) is 0 Å². The summed E-state index contributed by atoms with van der Waals surface area (Å²) in [5.41, 5.74) is 10.3. The van der Waals surface area contributed by atoms with Crippen molar-refractivity contribution in [3.05, 3.63) is 59.5 Å². The van der Waals surface area contributed by atoms with E-state index in [4.69, 9.17) is 5.73 Å². The Balaban J connectivity index is 1.53. The summed E-state index contributed by atoms with van der Waals surface area (Å²) in [7, 11) is 3.99. The summed E-state index contributed by atoms with van der Waals surface area (Å²) in [6, 6.07) is 15.3. The zero-order chi connectivity index (χ0) is 18.5. The predicted molar refractivity (Wildman–Crippen MR) is 109 cm³/mol. The number of carbonyl (C=O) groups excluding carboxylic acids is 1. The maximum atomic E-state index is 12.1. The lowest BCUT2D eigenvalue weighted by atomic mass is 10.1. The van der Waals surface area contributed by atoms with Crippen LogP contribution in [0, 0.1) is 0 Å². The SMILES string of the molecule is CN(C)c1ccc(CNC(=O)Nc2ccc(-c3csc(N)n3)cc2)cc1. The van der Waals surface area contributed by atoms with Gasteiger partial charge in [-0.1, -0.05) is 24.3 Å². The number of amides is 2. The van der Waals surface area contributed by atoms with E-state index >= 15 is 0 Å². The van der Waals surface area contributed by atoms with Crippen molar-refractivity contribution < 1.29 is 4.79 Å². The topological polar surface area (TPSA) is 83.3 Å². The number of anilines is 3. The van der Waals surface area contributed by atoms with Gasteiger partial charge in [0.1, 0.15) is 0 Å². The number of urea groups is 1. The summed E-state index contributed by atoms with van der Waals surface area (Å²) in [5, 5.41) is 8.13. The van der Waals surface area contributed by atoms with Crippen LogP contribution in [0.15, 0.2) is 53.9 Å². The maximum Gasteiger partial charge on any atom is 0.319 e. The van der Waals surface area contributed by atoms with Crippen LogP contribution in [0.2, 0.25) is 0 Å². The molecule has 0 aliphatic carbocycles. The highest BCUT2D eigenvalue weighted by molar-refractivity contribution is 7.13. The average Bonchev–Trinajstić information content (AvgIpc) is 3.07. The summed E-state index contributed by atoms with van der Waals surface area (Å²) < 4.78 is 0. The summed E-state index contributed by atoms with van der Waals surface area (Å²) >= 11 is 1.41. The number of aromatic nitrogens is 1. The van der Waals surface area contributed by atoms with E-state index in [1.54, 1.807) is 0 Å². The second-order valence-corrected chi connectivity index (χ2v) is 6.91. The van der Waals surface area contributed by atoms with Crippen LogP contribution in [0.5, 0.6) is 0 Å². The van der Waals surface area contributed by atoms with E-state index < -0.39 is 0 Å². The molecule has 0 fully saturated rings. The van der Waals surface area contributed by atoms with E-state index in [1.165, 1.54) is 11.3 Å². The fraction of sp³-hybridized carbons (Fsp3) is 0.158. The molecule has 3 aromatic rings.